The summed E-state index contributed by atoms with van der Waals surface area (Å²) in [5.41, 5.74) is 2.21. The number of ether oxygens (including phenoxy) is 1. The largest absolute Gasteiger partial charge is 0.497 e. The molecule has 88 valence electrons. The van der Waals surface area contributed by atoms with Crippen LogP contribution in [0.3, 0.4) is 0 Å². The summed E-state index contributed by atoms with van der Waals surface area (Å²) in [6.45, 7) is 0. The van der Waals surface area contributed by atoms with Gasteiger partial charge in [0.05, 0.1) is 7.11 Å². The summed E-state index contributed by atoms with van der Waals surface area (Å²) in [5.74, 6) is 0.843. The average molecular weight is 421 g/mol. The fraction of sp³-hybridized carbons (Fsp3) is 0.0769. The van der Waals surface area contributed by atoms with Gasteiger partial charge in [0.2, 0.25) is 0 Å². The normalized spacial score (nSPS) is 10.4. The minimum atomic E-state index is 0.843. The fourth-order valence-electron chi connectivity index (χ4n) is 1.54. The van der Waals surface area contributed by atoms with Crippen LogP contribution in [0.2, 0.25) is 0 Å². The monoisotopic (exact) mass is 418 g/mol. The molecule has 0 unspecified atom stereocenters. The molecule has 0 N–H and O–H groups in total. The van der Waals surface area contributed by atoms with Crippen LogP contribution >= 0.6 is 47.8 Å². The van der Waals surface area contributed by atoms with Crippen molar-refractivity contribution in [3.63, 3.8) is 0 Å². The van der Waals surface area contributed by atoms with Crippen LogP contribution in [-0.2, 0) is 0 Å². The molecule has 4 heteroatoms. The van der Waals surface area contributed by atoms with Gasteiger partial charge in [-0.3, -0.25) is 0 Å². The Balaban J connectivity index is 2.62. The third-order valence-electron chi connectivity index (χ3n) is 2.39. The summed E-state index contributed by atoms with van der Waals surface area (Å²) in [6, 6.07) is 12.0. The smallest absolute Gasteiger partial charge is 0.119 e. The Bertz CT molecular complexity index is 552. The highest BCUT2D eigenvalue weighted by molar-refractivity contribution is 9.11. The van der Waals surface area contributed by atoms with Crippen molar-refractivity contribution in [2.45, 2.75) is 0 Å². The van der Waals surface area contributed by atoms with Gasteiger partial charge in [-0.1, -0.05) is 47.8 Å². The first-order valence-electron chi connectivity index (χ1n) is 4.91. The second-order valence-corrected chi connectivity index (χ2v) is 6.09. The second kappa shape index (κ2) is 5.55. The highest BCUT2D eigenvalue weighted by Crippen LogP contribution is 2.37. The Morgan fingerprint density at radius 1 is 0.824 bits per heavy atom. The molecule has 2 rings (SSSR count). The van der Waals surface area contributed by atoms with E-state index in [-0.39, 0.29) is 0 Å². The number of rotatable bonds is 2. The quantitative estimate of drug-likeness (QED) is 0.610. The molecule has 0 saturated carbocycles. The lowest BCUT2D eigenvalue weighted by Gasteiger charge is -2.10. The van der Waals surface area contributed by atoms with Crippen molar-refractivity contribution in [3.8, 4) is 16.9 Å². The SMILES string of the molecule is COc1ccc(Br)c(-c2cc(Br)ccc2Br)c1. The van der Waals surface area contributed by atoms with E-state index in [4.69, 9.17) is 4.74 Å². The van der Waals surface area contributed by atoms with Gasteiger partial charge in [-0.15, -0.1) is 0 Å². The van der Waals surface area contributed by atoms with Gasteiger partial charge >= 0.3 is 0 Å². The summed E-state index contributed by atoms with van der Waals surface area (Å²) >= 11 is 10.6. The van der Waals surface area contributed by atoms with Crippen LogP contribution in [0.25, 0.3) is 11.1 Å². The molecule has 0 fully saturated rings. The Hall–Kier alpha value is -0.320. The molecule has 0 radical (unpaired) electrons. The van der Waals surface area contributed by atoms with Crippen molar-refractivity contribution < 1.29 is 4.74 Å². The summed E-state index contributed by atoms with van der Waals surface area (Å²) in [4.78, 5) is 0. The van der Waals surface area contributed by atoms with E-state index < -0.39 is 0 Å². The number of benzene rings is 2. The van der Waals surface area contributed by atoms with Crippen molar-refractivity contribution >= 4 is 47.8 Å². The summed E-state index contributed by atoms with van der Waals surface area (Å²) in [7, 11) is 1.67. The molecule has 0 aliphatic carbocycles. The van der Waals surface area contributed by atoms with Crippen molar-refractivity contribution in [2.75, 3.05) is 7.11 Å². The van der Waals surface area contributed by atoms with Crippen molar-refractivity contribution in [1.82, 2.24) is 0 Å². The third-order valence-corrected chi connectivity index (χ3v) is 4.27. The first kappa shape index (κ1) is 13.1. The number of hydrogen-bond donors (Lipinski definition) is 0. The zero-order valence-corrected chi connectivity index (χ0v) is 13.8. The molecule has 0 saturated heterocycles. The van der Waals surface area contributed by atoms with Gasteiger partial charge in [0.25, 0.3) is 0 Å². The highest BCUT2D eigenvalue weighted by atomic mass is 79.9. The zero-order valence-electron chi connectivity index (χ0n) is 9.01. The highest BCUT2D eigenvalue weighted by Gasteiger charge is 2.09. The maximum Gasteiger partial charge on any atom is 0.119 e. The summed E-state index contributed by atoms with van der Waals surface area (Å²) in [5, 5.41) is 0. The topological polar surface area (TPSA) is 9.23 Å². The number of hydrogen-bond acceptors (Lipinski definition) is 1. The van der Waals surface area contributed by atoms with E-state index in [9.17, 15) is 0 Å². The molecule has 2 aromatic rings. The van der Waals surface area contributed by atoms with Gasteiger partial charge in [-0.2, -0.15) is 0 Å². The summed E-state index contributed by atoms with van der Waals surface area (Å²) < 4.78 is 8.39. The fourth-order valence-corrected chi connectivity index (χ4v) is 2.82. The minimum Gasteiger partial charge on any atom is -0.497 e. The number of methoxy groups -OCH3 is 1. The van der Waals surface area contributed by atoms with E-state index in [1.165, 1.54) is 0 Å². The molecule has 0 atom stereocenters. The average Bonchev–Trinajstić information content (AvgIpc) is 2.33. The maximum absolute atomic E-state index is 5.25. The summed E-state index contributed by atoms with van der Waals surface area (Å²) in [6.07, 6.45) is 0. The van der Waals surface area contributed by atoms with Crippen LogP contribution < -0.4 is 4.74 Å². The predicted octanol–water partition coefficient (Wildman–Crippen LogP) is 5.65. The van der Waals surface area contributed by atoms with E-state index in [0.717, 1.165) is 30.3 Å². The predicted molar refractivity (Wildman–Crippen MR) is 81.5 cm³/mol. The van der Waals surface area contributed by atoms with Gasteiger partial charge in [-0.25, -0.2) is 0 Å². The van der Waals surface area contributed by atoms with E-state index in [2.05, 4.69) is 53.9 Å². The lowest BCUT2D eigenvalue weighted by atomic mass is 10.1. The lowest BCUT2D eigenvalue weighted by molar-refractivity contribution is 0.415. The minimum absolute atomic E-state index is 0.843. The Morgan fingerprint density at radius 2 is 1.41 bits per heavy atom. The molecular formula is C13H9Br3O. The number of halogens is 3. The molecule has 0 aliphatic rings. The Morgan fingerprint density at radius 3 is 2.06 bits per heavy atom. The van der Waals surface area contributed by atoms with E-state index >= 15 is 0 Å². The molecule has 0 aliphatic heterocycles. The Labute approximate surface area is 126 Å². The molecule has 17 heavy (non-hydrogen) atoms. The van der Waals surface area contributed by atoms with Crippen LogP contribution in [0.15, 0.2) is 49.8 Å². The van der Waals surface area contributed by atoms with Crippen molar-refractivity contribution in [1.29, 1.82) is 0 Å². The molecule has 0 spiro atoms. The van der Waals surface area contributed by atoms with E-state index in [0.29, 0.717) is 0 Å². The zero-order chi connectivity index (χ0) is 12.4. The Kier molecular flexibility index (Phi) is 4.28. The molecule has 2 aromatic carbocycles. The first-order chi connectivity index (χ1) is 8.11. The molecule has 0 bridgehead atoms. The molecule has 0 aromatic heterocycles. The van der Waals surface area contributed by atoms with Crippen molar-refractivity contribution in [2.24, 2.45) is 0 Å². The van der Waals surface area contributed by atoms with Crippen LogP contribution in [-0.4, -0.2) is 7.11 Å². The van der Waals surface area contributed by atoms with Gasteiger partial charge in [-0.05, 0) is 42.0 Å². The van der Waals surface area contributed by atoms with Crippen LogP contribution in [0, 0.1) is 0 Å². The van der Waals surface area contributed by atoms with Gasteiger partial charge in [0, 0.05) is 19.0 Å². The van der Waals surface area contributed by atoms with Crippen LogP contribution in [0.4, 0.5) is 0 Å². The maximum atomic E-state index is 5.25. The van der Waals surface area contributed by atoms with Crippen LogP contribution in [0.1, 0.15) is 0 Å². The van der Waals surface area contributed by atoms with Crippen LogP contribution in [0.5, 0.6) is 5.75 Å². The lowest BCUT2D eigenvalue weighted by Crippen LogP contribution is -1.86. The van der Waals surface area contributed by atoms with Gasteiger partial charge < -0.3 is 4.74 Å². The van der Waals surface area contributed by atoms with Gasteiger partial charge in [0.15, 0.2) is 0 Å². The molecule has 1 nitrogen and oxygen atoms in total. The first-order valence-corrected chi connectivity index (χ1v) is 7.28. The van der Waals surface area contributed by atoms with E-state index in [1.807, 2.05) is 30.3 Å². The molecular weight excluding hydrogens is 412 g/mol. The third kappa shape index (κ3) is 2.92. The second-order valence-electron chi connectivity index (χ2n) is 3.47. The van der Waals surface area contributed by atoms with Crippen molar-refractivity contribution in [3.05, 3.63) is 49.8 Å². The van der Waals surface area contributed by atoms with E-state index in [1.54, 1.807) is 7.11 Å². The van der Waals surface area contributed by atoms with Gasteiger partial charge in [0.1, 0.15) is 5.75 Å². The standard InChI is InChI=1S/C13H9Br3O/c1-17-9-3-5-13(16)11(7-9)10-6-8(14)2-4-12(10)15/h2-7H,1H3. The molecule has 0 amide bonds. The molecule has 0 heterocycles.